The Hall–Kier alpha value is -6.00. The average molecular weight is 617 g/mol. The number of rotatable bonds is 5. The Morgan fingerprint density at radius 1 is 0.521 bits per heavy atom. The molecular weight excluding hydrogens is 585 g/mol. The highest BCUT2D eigenvalue weighted by molar-refractivity contribution is 5.84. The minimum Gasteiger partial charge on any atom is -0.260 e. The maximum absolute atomic E-state index is 5.13. The predicted molar refractivity (Wildman–Crippen MR) is 196 cm³/mol. The Morgan fingerprint density at radius 2 is 1.15 bits per heavy atom. The number of nitrogens with zero attached hydrogens (tertiary/aromatic N) is 4. The van der Waals surface area contributed by atoms with Crippen LogP contribution in [0.4, 0.5) is 0 Å². The maximum atomic E-state index is 5.13. The molecular formula is C44H32N4. The Morgan fingerprint density at radius 3 is 1.90 bits per heavy atom. The molecule has 4 nitrogen and oxygen atoms in total. The van der Waals surface area contributed by atoms with Crippen molar-refractivity contribution in [3.05, 3.63) is 179 Å². The number of aromatic nitrogens is 3. The van der Waals surface area contributed by atoms with Crippen molar-refractivity contribution in [1.82, 2.24) is 15.0 Å². The van der Waals surface area contributed by atoms with Gasteiger partial charge in [-0.25, -0.2) is 15.0 Å². The molecule has 4 heteroatoms. The van der Waals surface area contributed by atoms with E-state index in [2.05, 4.69) is 128 Å². The molecule has 0 spiro atoms. The summed E-state index contributed by atoms with van der Waals surface area (Å²) in [6.07, 6.45) is 23.1. The van der Waals surface area contributed by atoms with E-state index in [4.69, 9.17) is 19.9 Å². The van der Waals surface area contributed by atoms with E-state index in [1.165, 1.54) is 27.1 Å². The quantitative estimate of drug-likeness (QED) is 0.200. The fourth-order valence-electron chi connectivity index (χ4n) is 7.31. The first-order valence-electron chi connectivity index (χ1n) is 16.6. The average Bonchev–Trinajstić information content (AvgIpc) is 3.17. The van der Waals surface area contributed by atoms with Crippen LogP contribution in [0.1, 0.15) is 23.5 Å². The number of allylic oxidation sites excluding steroid dienone is 9. The summed E-state index contributed by atoms with van der Waals surface area (Å²) in [6.45, 7) is 0. The number of benzene rings is 4. The topological polar surface area (TPSA) is 51.0 Å². The van der Waals surface area contributed by atoms with Gasteiger partial charge in [-0.15, -0.1) is 0 Å². The molecule has 1 aliphatic heterocycles. The minimum absolute atomic E-state index is 0.120. The zero-order valence-corrected chi connectivity index (χ0v) is 26.3. The fourth-order valence-corrected chi connectivity index (χ4v) is 7.31. The van der Waals surface area contributed by atoms with E-state index in [-0.39, 0.29) is 11.8 Å². The molecule has 0 fully saturated rings. The van der Waals surface area contributed by atoms with E-state index in [9.17, 15) is 0 Å². The van der Waals surface area contributed by atoms with Gasteiger partial charge < -0.3 is 0 Å². The second-order valence-electron chi connectivity index (χ2n) is 12.6. The monoisotopic (exact) mass is 616 g/mol. The largest absolute Gasteiger partial charge is 0.260 e. The van der Waals surface area contributed by atoms with Crippen molar-refractivity contribution in [2.45, 2.75) is 12.3 Å². The van der Waals surface area contributed by atoms with Crippen LogP contribution in [0.3, 0.4) is 0 Å². The van der Waals surface area contributed by atoms with E-state index in [1.54, 1.807) is 0 Å². The Balaban J connectivity index is 1.29. The molecule has 48 heavy (non-hydrogen) atoms. The van der Waals surface area contributed by atoms with Crippen molar-refractivity contribution in [2.24, 2.45) is 16.8 Å². The van der Waals surface area contributed by atoms with Gasteiger partial charge >= 0.3 is 0 Å². The minimum atomic E-state index is 0.120. The van der Waals surface area contributed by atoms with Crippen LogP contribution in [0, 0.1) is 11.8 Å². The second-order valence-corrected chi connectivity index (χ2v) is 12.6. The van der Waals surface area contributed by atoms with Crippen molar-refractivity contribution in [1.29, 1.82) is 0 Å². The molecule has 1 aromatic heterocycles. The van der Waals surface area contributed by atoms with Crippen LogP contribution in [0.5, 0.6) is 0 Å². The molecule has 0 bridgehead atoms. The molecule has 228 valence electrons. The van der Waals surface area contributed by atoms with Crippen molar-refractivity contribution < 1.29 is 0 Å². The molecule has 0 N–H and O–H groups in total. The maximum Gasteiger partial charge on any atom is 0.164 e. The molecule has 3 unspecified atom stereocenters. The summed E-state index contributed by atoms with van der Waals surface area (Å²) in [6, 6.07) is 35.9. The van der Waals surface area contributed by atoms with Gasteiger partial charge in [0.15, 0.2) is 17.5 Å². The Bertz CT molecular complexity index is 2320. The van der Waals surface area contributed by atoms with Crippen LogP contribution >= 0.6 is 0 Å². The molecule has 4 aliphatic rings. The van der Waals surface area contributed by atoms with Gasteiger partial charge in [0.2, 0.25) is 0 Å². The molecule has 3 atom stereocenters. The summed E-state index contributed by atoms with van der Waals surface area (Å²) in [4.78, 5) is 20.2. The summed E-state index contributed by atoms with van der Waals surface area (Å²) in [7, 11) is 0. The summed E-state index contributed by atoms with van der Waals surface area (Å²) < 4.78 is 0. The van der Waals surface area contributed by atoms with Crippen LogP contribution < -0.4 is 10.4 Å². The summed E-state index contributed by atoms with van der Waals surface area (Å²) in [5, 5.41) is 2.56. The van der Waals surface area contributed by atoms with Crippen molar-refractivity contribution in [2.75, 3.05) is 0 Å². The van der Waals surface area contributed by atoms with Gasteiger partial charge in [-0.05, 0) is 51.8 Å². The molecule has 5 aromatic rings. The standard InChI is InChI=1S/C44H32N4/c1-3-14-30(15-4-1)42-46-43(31-16-5-2-6-17-31)48-44(47-42)35-26-33(25-34(27-35)41-37-20-10-7-13-29(37)23-24-45-41)40-28-32-18-8-9-19-36(32)38-21-11-12-22-39(38)40/h1-22,24-29,39-40H,23H2. The first-order valence-corrected chi connectivity index (χ1v) is 16.6. The first-order chi connectivity index (χ1) is 23.8. The zero-order valence-electron chi connectivity index (χ0n) is 26.3. The number of fused-ring (bicyclic) bond motifs is 3. The lowest BCUT2D eigenvalue weighted by atomic mass is 9.74. The highest BCUT2D eigenvalue weighted by Crippen LogP contribution is 2.41. The van der Waals surface area contributed by atoms with Crippen LogP contribution in [-0.2, 0) is 0 Å². The molecule has 9 rings (SSSR count). The lowest BCUT2D eigenvalue weighted by Gasteiger charge is -2.30. The summed E-state index contributed by atoms with van der Waals surface area (Å²) in [5.41, 5.74) is 8.75. The molecule has 0 amide bonds. The highest BCUT2D eigenvalue weighted by atomic mass is 15.0. The van der Waals surface area contributed by atoms with Gasteiger partial charge in [-0.1, -0.05) is 140 Å². The zero-order chi connectivity index (χ0) is 31.9. The third-order valence-electron chi connectivity index (χ3n) is 9.64. The van der Waals surface area contributed by atoms with Crippen molar-refractivity contribution >= 4 is 23.6 Å². The lowest BCUT2D eigenvalue weighted by Crippen LogP contribution is -2.35. The smallest absolute Gasteiger partial charge is 0.164 e. The van der Waals surface area contributed by atoms with Crippen LogP contribution in [0.25, 0.3) is 51.5 Å². The first kappa shape index (κ1) is 28.2. The van der Waals surface area contributed by atoms with Crippen LogP contribution in [0.2, 0.25) is 0 Å². The van der Waals surface area contributed by atoms with Crippen molar-refractivity contribution in [3.63, 3.8) is 0 Å². The number of hydrogen-bond donors (Lipinski definition) is 0. The molecule has 0 saturated heterocycles. The van der Waals surface area contributed by atoms with Crippen molar-refractivity contribution in [3.8, 4) is 34.2 Å². The van der Waals surface area contributed by atoms with E-state index in [1.807, 2.05) is 36.4 Å². The van der Waals surface area contributed by atoms with E-state index in [0.717, 1.165) is 34.4 Å². The molecule has 2 heterocycles. The van der Waals surface area contributed by atoms with E-state index >= 15 is 0 Å². The molecule has 3 aliphatic carbocycles. The summed E-state index contributed by atoms with van der Waals surface area (Å²) in [5.74, 6) is 2.60. The van der Waals surface area contributed by atoms with E-state index < -0.39 is 0 Å². The van der Waals surface area contributed by atoms with Gasteiger partial charge in [0, 0.05) is 46.2 Å². The van der Waals surface area contributed by atoms with Gasteiger partial charge in [-0.2, -0.15) is 0 Å². The molecule has 0 radical (unpaired) electrons. The van der Waals surface area contributed by atoms with Crippen LogP contribution in [-0.4, -0.2) is 21.2 Å². The summed E-state index contributed by atoms with van der Waals surface area (Å²) >= 11 is 0. The second kappa shape index (κ2) is 12.0. The number of hydrogen-bond acceptors (Lipinski definition) is 4. The highest BCUT2D eigenvalue weighted by Gasteiger charge is 2.28. The van der Waals surface area contributed by atoms with E-state index in [0.29, 0.717) is 23.4 Å². The fraction of sp³-hybridized carbons (Fsp3) is 0.0909. The van der Waals surface area contributed by atoms with Gasteiger partial charge in [-0.3, -0.25) is 4.99 Å². The van der Waals surface area contributed by atoms with Gasteiger partial charge in [0.05, 0.1) is 5.70 Å². The third kappa shape index (κ3) is 5.12. The lowest BCUT2D eigenvalue weighted by molar-refractivity contribution is 0.741. The van der Waals surface area contributed by atoms with Gasteiger partial charge in [0.1, 0.15) is 0 Å². The Labute approximate surface area is 280 Å². The SMILES string of the molecule is C1=CC2=C(c3cc(-c4nc(-c5ccccc5)nc(-c5ccccc5)n4)cc(C4C=c5ccccc5=C5C=CC=CC54)c3)N=CCC2C=C1. The number of aliphatic imine (C=N–C) groups is 1. The van der Waals surface area contributed by atoms with Gasteiger partial charge in [0.25, 0.3) is 0 Å². The molecule has 0 saturated carbocycles. The normalized spacial score (nSPS) is 20.2. The van der Waals surface area contributed by atoms with Crippen LogP contribution in [0.15, 0.2) is 162 Å². The Kier molecular flexibility index (Phi) is 7.05. The third-order valence-corrected chi connectivity index (χ3v) is 9.64. The molecule has 4 aromatic carbocycles. The predicted octanol–water partition coefficient (Wildman–Crippen LogP) is 8.27.